The quantitative estimate of drug-likeness (QED) is 0.909. The van der Waals surface area contributed by atoms with Crippen LogP contribution in [0.2, 0.25) is 0 Å². The van der Waals surface area contributed by atoms with Gasteiger partial charge in [0, 0.05) is 19.3 Å². The van der Waals surface area contributed by atoms with Crippen LogP contribution >= 0.6 is 12.4 Å². The lowest BCUT2D eigenvalue weighted by molar-refractivity contribution is 0.271. The molecule has 0 aromatic carbocycles. The third-order valence-electron chi connectivity index (χ3n) is 3.31. The van der Waals surface area contributed by atoms with Crippen LogP contribution in [0.15, 0.2) is 23.4 Å². The number of rotatable bonds is 3. The van der Waals surface area contributed by atoms with E-state index in [1.165, 1.54) is 10.5 Å². The molecule has 5 nitrogen and oxygen atoms in total. The average molecular weight is 306 g/mol. The Bertz CT molecular complexity index is 521. The fourth-order valence-electron chi connectivity index (χ4n) is 2.22. The Kier molecular flexibility index (Phi) is 5.73. The van der Waals surface area contributed by atoms with E-state index in [0.29, 0.717) is 19.6 Å². The minimum Gasteiger partial charge on any atom is -0.330 e. The number of hydrogen-bond donors (Lipinski definition) is 1. The van der Waals surface area contributed by atoms with E-state index in [-0.39, 0.29) is 23.4 Å². The first-order valence-corrected chi connectivity index (χ1v) is 7.61. The zero-order valence-corrected chi connectivity index (χ0v) is 12.6. The molecule has 108 valence electrons. The van der Waals surface area contributed by atoms with Crippen molar-refractivity contribution in [2.75, 3.05) is 19.6 Å². The average Bonchev–Trinajstić information content (AvgIpc) is 2.39. The maximum absolute atomic E-state index is 12.4. The van der Waals surface area contributed by atoms with Crippen molar-refractivity contribution in [2.45, 2.75) is 24.8 Å². The highest BCUT2D eigenvalue weighted by atomic mass is 35.5. The van der Waals surface area contributed by atoms with Crippen LogP contribution in [-0.4, -0.2) is 37.3 Å². The molecule has 2 N–H and O–H groups in total. The monoisotopic (exact) mass is 305 g/mol. The van der Waals surface area contributed by atoms with Crippen LogP contribution in [0.4, 0.5) is 0 Å². The topological polar surface area (TPSA) is 76.3 Å². The third-order valence-corrected chi connectivity index (χ3v) is 5.07. The molecule has 1 aliphatic rings. The highest BCUT2D eigenvalue weighted by Crippen LogP contribution is 2.22. The van der Waals surface area contributed by atoms with Crippen LogP contribution in [0.25, 0.3) is 0 Å². The molecule has 7 heteroatoms. The van der Waals surface area contributed by atoms with Gasteiger partial charge in [-0.25, -0.2) is 13.4 Å². The Labute approximate surface area is 120 Å². The molecule has 1 fully saturated rings. The van der Waals surface area contributed by atoms with E-state index in [2.05, 4.69) is 4.98 Å². The van der Waals surface area contributed by atoms with Crippen LogP contribution in [-0.2, 0) is 10.0 Å². The molecule has 19 heavy (non-hydrogen) atoms. The molecule has 1 aromatic rings. The molecule has 0 amide bonds. The van der Waals surface area contributed by atoms with E-state index >= 15 is 0 Å². The summed E-state index contributed by atoms with van der Waals surface area (Å²) in [5.41, 5.74) is 6.53. The van der Waals surface area contributed by atoms with Gasteiger partial charge >= 0.3 is 0 Å². The Balaban J connectivity index is 0.00000180. The van der Waals surface area contributed by atoms with Gasteiger partial charge in [0.25, 0.3) is 10.0 Å². The molecule has 2 heterocycles. The van der Waals surface area contributed by atoms with Crippen molar-refractivity contribution in [1.82, 2.24) is 9.29 Å². The number of sulfonamides is 1. The van der Waals surface area contributed by atoms with Gasteiger partial charge in [-0.3, -0.25) is 0 Å². The molecular formula is C12H20ClN3O2S. The van der Waals surface area contributed by atoms with Crippen molar-refractivity contribution < 1.29 is 8.42 Å². The van der Waals surface area contributed by atoms with Gasteiger partial charge in [-0.2, -0.15) is 4.31 Å². The minimum atomic E-state index is -3.46. The minimum absolute atomic E-state index is 0. The Morgan fingerprint density at radius 3 is 2.89 bits per heavy atom. The first-order valence-electron chi connectivity index (χ1n) is 6.17. The third kappa shape index (κ3) is 3.66. The summed E-state index contributed by atoms with van der Waals surface area (Å²) in [4.78, 5) is 3.98. The molecule has 2 rings (SSSR count). The van der Waals surface area contributed by atoms with Gasteiger partial charge in [0.05, 0.1) is 0 Å². The molecule has 0 spiro atoms. The van der Waals surface area contributed by atoms with Crippen molar-refractivity contribution in [2.24, 2.45) is 11.7 Å². The van der Waals surface area contributed by atoms with Gasteiger partial charge in [0.1, 0.15) is 0 Å². The molecule has 1 unspecified atom stereocenters. The van der Waals surface area contributed by atoms with Gasteiger partial charge < -0.3 is 5.73 Å². The zero-order chi connectivity index (χ0) is 13.2. The summed E-state index contributed by atoms with van der Waals surface area (Å²) >= 11 is 0. The highest BCUT2D eigenvalue weighted by molar-refractivity contribution is 7.89. The standard InChI is InChI=1S/C12H19N3O2S.ClH/c1-10-4-5-14-12(7-10)18(16,17)15-6-2-3-11(8-13)9-15;/h4-5,7,11H,2-3,6,8-9,13H2,1H3;1H. The smallest absolute Gasteiger partial charge is 0.260 e. The fraction of sp³-hybridized carbons (Fsp3) is 0.583. The predicted molar refractivity (Wildman–Crippen MR) is 76.8 cm³/mol. The van der Waals surface area contributed by atoms with Gasteiger partial charge in [0.15, 0.2) is 5.03 Å². The number of nitrogens with two attached hydrogens (primary N) is 1. The SMILES string of the molecule is Cc1ccnc(S(=O)(=O)N2CCCC(CN)C2)c1.Cl. The molecule has 1 aromatic heterocycles. The van der Waals surface area contributed by atoms with Gasteiger partial charge in [-0.05, 0) is 49.9 Å². The van der Waals surface area contributed by atoms with Crippen molar-refractivity contribution in [1.29, 1.82) is 0 Å². The number of aromatic nitrogens is 1. The van der Waals surface area contributed by atoms with Crippen LogP contribution in [0.5, 0.6) is 0 Å². The summed E-state index contributed by atoms with van der Waals surface area (Å²) in [5, 5.41) is 0.139. The summed E-state index contributed by atoms with van der Waals surface area (Å²) in [6.45, 7) is 3.47. The normalized spacial score (nSPS) is 20.8. The summed E-state index contributed by atoms with van der Waals surface area (Å²) in [7, 11) is -3.46. The largest absolute Gasteiger partial charge is 0.330 e. The van der Waals surface area contributed by atoms with Crippen LogP contribution in [0.3, 0.4) is 0 Å². The van der Waals surface area contributed by atoms with Gasteiger partial charge in [-0.1, -0.05) is 0 Å². The second-order valence-corrected chi connectivity index (χ2v) is 6.66. The van der Waals surface area contributed by atoms with Gasteiger partial charge in [0.2, 0.25) is 0 Å². The highest BCUT2D eigenvalue weighted by Gasteiger charge is 2.30. The number of hydrogen-bond acceptors (Lipinski definition) is 4. The van der Waals surface area contributed by atoms with Crippen molar-refractivity contribution in [3.63, 3.8) is 0 Å². The van der Waals surface area contributed by atoms with E-state index in [0.717, 1.165) is 18.4 Å². The van der Waals surface area contributed by atoms with E-state index < -0.39 is 10.0 Å². The first-order chi connectivity index (χ1) is 8.54. The van der Waals surface area contributed by atoms with Crippen molar-refractivity contribution in [3.8, 4) is 0 Å². The lowest BCUT2D eigenvalue weighted by Crippen LogP contribution is -2.42. The molecule has 1 saturated heterocycles. The zero-order valence-electron chi connectivity index (χ0n) is 10.9. The van der Waals surface area contributed by atoms with Crippen LogP contribution in [0, 0.1) is 12.8 Å². The molecule has 0 aliphatic carbocycles. The van der Waals surface area contributed by atoms with E-state index in [1.54, 1.807) is 12.1 Å². The number of halogens is 1. The summed E-state index contributed by atoms with van der Waals surface area (Å²) in [5.74, 6) is 0.262. The lowest BCUT2D eigenvalue weighted by atomic mass is 10.0. The number of piperidine rings is 1. The molecule has 1 aliphatic heterocycles. The second-order valence-electron chi connectivity index (χ2n) is 4.78. The van der Waals surface area contributed by atoms with Crippen LogP contribution < -0.4 is 5.73 Å². The Hall–Kier alpha value is -0.690. The number of pyridine rings is 1. The Morgan fingerprint density at radius 2 is 2.26 bits per heavy atom. The number of aryl methyl sites for hydroxylation is 1. The van der Waals surface area contributed by atoms with Crippen LogP contribution in [0.1, 0.15) is 18.4 Å². The maximum atomic E-state index is 12.4. The van der Waals surface area contributed by atoms with E-state index in [4.69, 9.17) is 5.73 Å². The summed E-state index contributed by atoms with van der Waals surface area (Å²) < 4.78 is 26.4. The molecule has 0 saturated carbocycles. The molecular weight excluding hydrogens is 286 g/mol. The lowest BCUT2D eigenvalue weighted by Gasteiger charge is -2.30. The summed E-state index contributed by atoms with van der Waals surface area (Å²) in [6.07, 6.45) is 3.41. The second kappa shape index (κ2) is 6.65. The summed E-state index contributed by atoms with van der Waals surface area (Å²) in [6, 6.07) is 3.40. The van der Waals surface area contributed by atoms with Gasteiger partial charge in [-0.15, -0.1) is 12.4 Å². The molecule has 1 atom stereocenters. The molecule has 0 bridgehead atoms. The van der Waals surface area contributed by atoms with E-state index in [9.17, 15) is 8.42 Å². The maximum Gasteiger partial charge on any atom is 0.260 e. The van der Waals surface area contributed by atoms with Crippen molar-refractivity contribution in [3.05, 3.63) is 23.9 Å². The molecule has 0 radical (unpaired) electrons. The fourth-order valence-corrected chi connectivity index (χ4v) is 3.79. The van der Waals surface area contributed by atoms with Crippen molar-refractivity contribution >= 4 is 22.4 Å². The predicted octanol–water partition coefficient (Wildman–Crippen LogP) is 1.17. The number of nitrogens with zero attached hydrogens (tertiary/aromatic N) is 2. The first kappa shape index (κ1) is 16.4. The Morgan fingerprint density at radius 1 is 1.53 bits per heavy atom. The van der Waals surface area contributed by atoms with E-state index in [1.807, 2.05) is 6.92 Å².